The van der Waals surface area contributed by atoms with Crippen LogP contribution >= 0.6 is 31.9 Å². The van der Waals surface area contributed by atoms with E-state index in [0.717, 1.165) is 0 Å². The predicted molar refractivity (Wildman–Crippen MR) is 130 cm³/mol. The molecule has 0 spiro atoms. The van der Waals surface area contributed by atoms with Crippen LogP contribution < -0.4 is 0 Å². The molecule has 0 N–H and O–H groups in total. The number of methoxy groups -OCH3 is 2. The van der Waals surface area contributed by atoms with E-state index in [1.165, 1.54) is 28.1 Å². The molecule has 12 saturated carbocycles. The van der Waals surface area contributed by atoms with Crippen molar-refractivity contribution in [2.45, 2.75) is 33.7 Å². The number of carbonyl (C=O) groups excluding carboxylic acids is 4. The van der Waals surface area contributed by atoms with Gasteiger partial charge in [0.05, 0.1) is 33.7 Å². The molecule has 0 radical (unpaired) electrons. The summed E-state index contributed by atoms with van der Waals surface area (Å²) in [5.74, 6) is -1.22. The summed E-state index contributed by atoms with van der Waals surface area (Å²) in [7, 11) is 2.95. The fourth-order valence-electron chi connectivity index (χ4n) is 17.3. The fourth-order valence-corrected chi connectivity index (χ4v) is 21.1. The van der Waals surface area contributed by atoms with Gasteiger partial charge in [-0.05, 0) is 59.2 Å². The zero-order valence-corrected chi connectivity index (χ0v) is 24.3. The molecule has 0 heterocycles. The molecule has 12 aliphatic rings. The SMILES string of the molecule is COC(=O)C12C3C4C5C6C3C3(Br)C1C1C7C2C4(Br)C2(OC(C)=O)C5C4C6C3(OC(C)=O)C1C4(C(=O)OC)C72. The number of alkyl halides is 2. The van der Waals surface area contributed by atoms with E-state index < -0.39 is 30.7 Å². The van der Waals surface area contributed by atoms with Gasteiger partial charge in [0.15, 0.2) is 0 Å². The van der Waals surface area contributed by atoms with Crippen LogP contribution in [-0.4, -0.2) is 57.9 Å². The lowest BCUT2D eigenvalue weighted by atomic mass is 9.63. The van der Waals surface area contributed by atoms with Crippen molar-refractivity contribution in [2.24, 2.45) is 93.7 Å². The minimum Gasteiger partial charge on any atom is -0.469 e. The second-order valence-electron chi connectivity index (χ2n) is 14.5. The third-order valence-corrected chi connectivity index (χ3v) is 18.8. The Morgan fingerprint density at radius 2 is 0.921 bits per heavy atom. The highest BCUT2D eigenvalue weighted by Crippen LogP contribution is 3.10. The van der Waals surface area contributed by atoms with Gasteiger partial charge < -0.3 is 18.9 Å². The van der Waals surface area contributed by atoms with E-state index in [2.05, 4.69) is 31.9 Å². The van der Waals surface area contributed by atoms with E-state index in [1.54, 1.807) is 0 Å². The fraction of sp³-hybridized carbons (Fsp3) is 0.857. The predicted octanol–water partition coefficient (Wildman–Crippen LogP) is 1.95. The molecule has 0 aromatic carbocycles. The molecule has 12 fully saturated rings. The smallest absolute Gasteiger partial charge is 0.313 e. The average molecular weight is 650 g/mol. The molecule has 16 atom stereocenters. The lowest BCUT2D eigenvalue weighted by Crippen LogP contribution is -2.62. The highest BCUT2D eigenvalue weighted by Gasteiger charge is 3.17. The Kier molecular flexibility index (Phi) is 2.86. The van der Waals surface area contributed by atoms with Crippen LogP contribution in [0.15, 0.2) is 0 Å². The number of rotatable bonds is 4. The molecule has 38 heavy (non-hydrogen) atoms. The summed E-state index contributed by atoms with van der Waals surface area (Å²) < 4.78 is 23.6. The maximum Gasteiger partial charge on any atom is 0.313 e. The van der Waals surface area contributed by atoms with Crippen molar-refractivity contribution in [3.63, 3.8) is 0 Å². The zero-order chi connectivity index (χ0) is 26.2. The lowest BCUT2D eigenvalue weighted by Gasteiger charge is -2.49. The van der Waals surface area contributed by atoms with Gasteiger partial charge in [-0.15, -0.1) is 0 Å². The Balaban J connectivity index is 1.36. The number of ether oxygens (including phenoxy) is 4. The largest absolute Gasteiger partial charge is 0.469 e. The summed E-state index contributed by atoms with van der Waals surface area (Å²) in [6, 6.07) is 0. The molecule has 16 unspecified atom stereocenters. The Morgan fingerprint density at radius 3 is 1.29 bits per heavy atom. The van der Waals surface area contributed by atoms with Crippen molar-refractivity contribution >= 4 is 55.7 Å². The van der Waals surface area contributed by atoms with Gasteiger partial charge in [0.25, 0.3) is 0 Å². The lowest BCUT2D eigenvalue weighted by molar-refractivity contribution is -0.182. The summed E-state index contributed by atoms with van der Waals surface area (Å²) in [6.45, 7) is 2.95. The molecule has 8 nitrogen and oxygen atoms in total. The van der Waals surface area contributed by atoms with Crippen molar-refractivity contribution in [1.82, 2.24) is 0 Å². The van der Waals surface area contributed by atoms with Crippen molar-refractivity contribution in [2.75, 3.05) is 14.2 Å². The molecule has 0 aromatic heterocycles. The van der Waals surface area contributed by atoms with E-state index in [9.17, 15) is 19.2 Å². The second-order valence-corrected chi connectivity index (χ2v) is 17.2. The van der Waals surface area contributed by atoms with Crippen LogP contribution in [-0.2, 0) is 38.1 Å². The van der Waals surface area contributed by atoms with Crippen molar-refractivity contribution in [1.29, 1.82) is 0 Å². The van der Waals surface area contributed by atoms with Crippen LogP contribution in [0.1, 0.15) is 13.8 Å². The molecule has 200 valence electrons. The van der Waals surface area contributed by atoms with Gasteiger partial charge in [0, 0.05) is 37.5 Å². The van der Waals surface area contributed by atoms with Gasteiger partial charge in [0.1, 0.15) is 11.2 Å². The monoisotopic (exact) mass is 648 g/mol. The van der Waals surface area contributed by atoms with Crippen molar-refractivity contribution < 1.29 is 38.1 Å². The maximum atomic E-state index is 14.4. The van der Waals surface area contributed by atoms with Gasteiger partial charge >= 0.3 is 23.9 Å². The normalized spacial score (nSPS) is 73.5. The Bertz CT molecular complexity index is 1360. The van der Waals surface area contributed by atoms with Crippen molar-refractivity contribution in [3.05, 3.63) is 0 Å². The maximum absolute atomic E-state index is 14.4. The number of esters is 4. The Morgan fingerprint density at radius 1 is 0.553 bits per heavy atom. The van der Waals surface area contributed by atoms with Gasteiger partial charge in [-0.1, -0.05) is 31.9 Å². The van der Waals surface area contributed by atoms with E-state index in [4.69, 9.17) is 18.9 Å². The van der Waals surface area contributed by atoms with Crippen LogP contribution in [0.4, 0.5) is 0 Å². The van der Waals surface area contributed by atoms with Gasteiger partial charge in [-0.3, -0.25) is 19.2 Å². The van der Waals surface area contributed by atoms with Crippen LogP contribution in [0.25, 0.3) is 0 Å². The highest BCUT2D eigenvalue weighted by molar-refractivity contribution is 9.10. The molecular weight excluding hydrogens is 624 g/mol. The summed E-state index contributed by atoms with van der Waals surface area (Å²) in [5, 5.41) is 0. The quantitative estimate of drug-likeness (QED) is 0.259. The van der Waals surface area contributed by atoms with Crippen LogP contribution in [0.5, 0.6) is 0 Å². The topological polar surface area (TPSA) is 105 Å². The van der Waals surface area contributed by atoms with Gasteiger partial charge in [-0.25, -0.2) is 0 Å². The van der Waals surface area contributed by atoms with Crippen LogP contribution in [0, 0.1) is 93.7 Å². The minimum atomic E-state index is -0.902. The second kappa shape index (κ2) is 5.05. The third kappa shape index (κ3) is 1.19. The summed E-state index contributed by atoms with van der Waals surface area (Å²) in [4.78, 5) is 54.7. The number of carbonyl (C=O) groups is 4. The molecular formula is C28H26Br2O8. The molecule has 12 rings (SSSR count). The first kappa shape index (κ1) is 21.6. The first-order valence-electron chi connectivity index (χ1n) is 13.9. The Hall–Kier alpha value is -1.16. The summed E-state index contributed by atoms with van der Waals surface area (Å²) in [5.41, 5.74) is -3.42. The molecule has 0 aromatic rings. The standard InChI is InChI=1S/C28H26Br2O8/c1-5(31)37-27-13-7-8-12-15-11(7)25(27,29)17-9-10-18(23(15,17)21(33)35-3)26(12,30)28(38-6(2)32)14(8)16(13)24(19(9)27,20(10)28)22(34)36-4/h7-20H,1-4H3. The Labute approximate surface area is 234 Å². The van der Waals surface area contributed by atoms with Gasteiger partial charge in [0.2, 0.25) is 0 Å². The number of halogens is 2. The summed E-state index contributed by atoms with van der Waals surface area (Å²) in [6.07, 6.45) is 0. The van der Waals surface area contributed by atoms with Gasteiger partial charge in [-0.2, -0.15) is 0 Å². The van der Waals surface area contributed by atoms with E-state index in [0.29, 0.717) is 0 Å². The molecule has 0 aliphatic heterocycles. The van der Waals surface area contributed by atoms with Crippen molar-refractivity contribution in [3.8, 4) is 0 Å². The minimum absolute atomic E-state index is 0.0156. The zero-order valence-electron chi connectivity index (χ0n) is 21.1. The average Bonchev–Trinajstić information content (AvgIpc) is 3.67. The number of hydrogen-bond donors (Lipinski definition) is 0. The first-order valence-corrected chi connectivity index (χ1v) is 15.5. The first-order chi connectivity index (χ1) is 18.0. The molecule has 12 aliphatic carbocycles. The third-order valence-electron chi connectivity index (χ3n) is 15.5. The van der Waals surface area contributed by atoms with E-state index >= 15 is 0 Å². The highest BCUT2D eigenvalue weighted by atomic mass is 79.9. The van der Waals surface area contributed by atoms with E-state index in [-0.39, 0.29) is 107 Å². The molecule has 0 bridgehead atoms. The number of hydrogen-bond acceptors (Lipinski definition) is 8. The van der Waals surface area contributed by atoms with Crippen LogP contribution in [0.2, 0.25) is 0 Å². The molecule has 0 amide bonds. The molecule has 10 heteroatoms. The van der Waals surface area contributed by atoms with Crippen LogP contribution in [0.3, 0.4) is 0 Å². The molecule has 0 saturated heterocycles. The summed E-state index contributed by atoms with van der Waals surface area (Å²) >= 11 is 8.73. The van der Waals surface area contributed by atoms with E-state index in [1.807, 2.05) is 0 Å².